The third kappa shape index (κ3) is 3.94. The van der Waals surface area contributed by atoms with E-state index >= 15 is 0 Å². The van der Waals surface area contributed by atoms with E-state index in [0.717, 1.165) is 71.3 Å². The van der Waals surface area contributed by atoms with Gasteiger partial charge in [-0.25, -0.2) is 4.98 Å². The zero-order valence-electron chi connectivity index (χ0n) is 21.9. The van der Waals surface area contributed by atoms with Crippen molar-refractivity contribution < 1.29 is 4.79 Å². The van der Waals surface area contributed by atoms with Crippen LogP contribution in [0.25, 0.3) is 11.3 Å². The van der Waals surface area contributed by atoms with Crippen molar-refractivity contribution in [3.05, 3.63) is 101 Å². The van der Waals surface area contributed by atoms with Crippen LogP contribution in [-0.2, 0) is 7.05 Å². The summed E-state index contributed by atoms with van der Waals surface area (Å²) in [6, 6.07) is 24.7. The van der Waals surface area contributed by atoms with Crippen LogP contribution in [0.2, 0.25) is 0 Å². The second-order valence-corrected chi connectivity index (χ2v) is 10.1. The Morgan fingerprint density at radius 3 is 2.32 bits per heavy atom. The molecule has 1 saturated heterocycles. The summed E-state index contributed by atoms with van der Waals surface area (Å²) >= 11 is 0. The molecule has 4 aromatic rings. The molecule has 2 aliphatic heterocycles. The lowest BCUT2D eigenvalue weighted by molar-refractivity contribution is 0.0992. The molecule has 1 aromatic heterocycles. The number of imidazole rings is 1. The molecule has 6 rings (SSSR count). The van der Waals surface area contributed by atoms with Gasteiger partial charge in [-0.2, -0.15) is 5.26 Å². The summed E-state index contributed by atoms with van der Waals surface area (Å²) in [5, 5.41) is 9.99. The number of carbonyl (C=O) groups excluding carboxylic acids is 1. The van der Waals surface area contributed by atoms with Crippen LogP contribution < -0.4 is 9.80 Å². The third-order valence-corrected chi connectivity index (χ3v) is 7.92. The minimum Gasteiger partial charge on any atom is -0.368 e. The van der Waals surface area contributed by atoms with Crippen molar-refractivity contribution in [1.82, 2.24) is 14.5 Å². The number of piperazine rings is 1. The number of nitriles is 1. The largest absolute Gasteiger partial charge is 0.368 e. The highest BCUT2D eigenvalue weighted by Gasteiger charge is 2.35. The van der Waals surface area contributed by atoms with Crippen molar-refractivity contribution >= 4 is 17.3 Å². The standard InChI is InChI=1S/C31H30N6O/c1-21-33-27(20-34(21)2)22-12-13-28(23(18-22)19-32)36-14-16-37(17-15-36)30-24-8-4-5-9-25(24)31(38)35(3)29-11-7-6-10-26(29)30/h4-13,18,20,30H,14-17H2,1-3H3. The molecule has 0 aliphatic carbocycles. The Morgan fingerprint density at radius 1 is 0.895 bits per heavy atom. The number of nitrogens with zero attached hydrogens (tertiary/aromatic N) is 6. The minimum absolute atomic E-state index is 0.0105. The zero-order valence-corrected chi connectivity index (χ0v) is 21.9. The molecule has 3 heterocycles. The molecule has 3 aromatic carbocycles. The highest BCUT2D eigenvalue weighted by molar-refractivity contribution is 6.08. The van der Waals surface area contributed by atoms with Crippen LogP contribution in [0.4, 0.5) is 11.4 Å². The van der Waals surface area contributed by atoms with Gasteiger partial charge in [-0.05, 0) is 42.3 Å². The van der Waals surface area contributed by atoms with E-state index in [1.165, 1.54) is 0 Å². The summed E-state index contributed by atoms with van der Waals surface area (Å²) in [5.74, 6) is 0.962. The summed E-state index contributed by atoms with van der Waals surface area (Å²) in [6.07, 6.45) is 1.99. The Kier molecular flexibility index (Phi) is 5.97. The van der Waals surface area contributed by atoms with E-state index in [0.29, 0.717) is 5.56 Å². The first-order chi connectivity index (χ1) is 18.5. The number of para-hydroxylation sites is 1. The zero-order chi connectivity index (χ0) is 26.4. The summed E-state index contributed by atoms with van der Waals surface area (Å²) in [7, 11) is 3.83. The molecular formula is C31H30N6O. The number of benzene rings is 3. The van der Waals surface area contributed by atoms with Gasteiger partial charge >= 0.3 is 0 Å². The molecule has 1 amide bonds. The van der Waals surface area contributed by atoms with Crippen molar-refractivity contribution in [2.24, 2.45) is 7.05 Å². The van der Waals surface area contributed by atoms with E-state index in [2.05, 4.69) is 51.2 Å². The first kappa shape index (κ1) is 24.0. The number of hydrogen-bond acceptors (Lipinski definition) is 5. The Morgan fingerprint density at radius 2 is 1.61 bits per heavy atom. The van der Waals surface area contributed by atoms with E-state index in [9.17, 15) is 10.1 Å². The van der Waals surface area contributed by atoms with Gasteiger partial charge < -0.3 is 14.4 Å². The monoisotopic (exact) mass is 502 g/mol. The van der Waals surface area contributed by atoms with Crippen LogP contribution in [0.3, 0.4) is 0 Å². The third-order valence-electron chi connectivity index (χ3n) is 7.92. The second-order valence-electron chi connectivity index (χ2n) is 10.1. The van der Waals surface area contributed by atoms with Gasteiger partial charge in [0.15, 0.2) is 0 Å². The average Bonchev–Trinajstić information content (AvgIpc) is 3.26. The molecule has 0 spiro atoms. The summed E-state index contributed by atoms with van der Waals surface area (Å²) < 4.78 is 1.99. The first-order valence-electron chi connectivity index (χ1n) is 13.0. The Balaban J connectivity index is 1.29. The molecular weight excluding hydrogens is 472 g/mol. The molecule has 7 heteroatoms. The normalized spacial score (nSPS) is 17.5. The fourth-order valence-corrected chi connectivity index (χ4v) is 5.79. The SMILES string of the molecule is Cc1nc(-c2ccc(N3CCN(C4c5ccccc5C(=O)N(C)c5ccccc54)CC3)c(C#N)c2)cn1C. The van der Waals surface area contributed by atoms with Crippen LogP contribution >= 0.6 is 0 Å². The van der Waals surface area contributed by atoms with Crippen LogP contribution in [0.1, 0.15) is 38.9 Å². The molecule has 1 unspecified atom stereocenters. The summed E-state index contributed by atoms with van der Waals surface area (Å²) in [5.41, 5.74) is 7.36. The maximum absolute atomic E-state index is 13.3. The Labute approximate surface area is 223 Å². The molecule has 190 valence electrons. The molecule has 1 fully saturated rings. The van der Waals surface area contributed by atoms with Gasteiger partial charge in [0.05, 0.1) is 23.0 Å². The van der Waals surface area contributed by atoms with Crippen molar-refractivity contribution in [3.8, 4) is 17.3 Å². The van der Waals surface area contributed by atoms with Crippen LogP contribution in [-0.4, -0.2) is 53.6 Å². The lowest BCUT2D eigenvalue weighted by atomic mass is 9.93. The maximum Gasteiger partial charge on any atom is 0.258 e. The van der Waals surface area contributed by atoms with Gasteiger partial charge in [-0.15, -0.1) is 0 Å². The number of aromatic nitrogens is 2. The molecule has 1 atom stereocenters. The minimum atomic E-state index is -0.0105. The first-order valence-corrected chi connectivity index (χ1v) is 13.0. The van der Waals surface area contributed by atoms with Gasteiger partial charge in [0.25, 0.3) is 5.91 Å². The maximum atomic E-state index is 13.3. The van der Waals surface area contributed by atoms with Crippen LogP contribution in [0.15, 0.2) is 72.9 Å². The number of amides is 1. The summed E-state index contributed by atoms with van der Waals surface area (Å²) in [4.78, 5) is 24.5. The number of rotatable bonds is 3. The molecule has 7 nitrogen and oxygen atoms in total. The highest BCUT2D eigenvalue weighted by atomic mass is 16.2. The van der Waals surface area contributed by atoms with E-state index < -0.39 is 0 Å². The molecule has 0 bridgehead atoms. The number of hydrogen-bond donors (Lipinski definition) is 0. The highest BCUT2D eigenvalue weighted by Crippen LogP contribution is 2.40. The smallest absolute Gasteiger partial charge is 0.258 e. The van der Waals surface area contributed by atoms with Crippen molar-refractivity contribution in [3.63, 3.8) is 0 Å². The van der Waals surface area contributed by atoms with E-state index in [1.807, 2.05) is 68.2 Å². The quantitative estimate of drug-likeness (QED) is 0.404. The molecule has 38 heavy (non-hydrogen) atoms. The van der Waals surface area contributed by atoms with E-state index in [4.69, 9.17) is 0 Å². The molecule has 0 saturated carbocycles. The van der Waals surface area contributed by atoms with Crippen LogP contribution in [0, 0.1) is 18.3 Å². The molecule has 0 N–H and O–H groups in total. The van der Waals surface area contributed by atoms with Gasteiger partial charge in [0.2, 0.25) is 0 Å². The van der Waals surface area contributed by atoms with E-state index in [1.54, 1.807) is 4.90 Å². The summed E-state index contributed by atoms with van der Waals surface area (Å²) in [6.45, 7) is 5.19. The lowest BCUT2D eigenvalue weighted by Crippen LogP contribution is -2.48. The number of fused-ring (bicyclic) bond motifs is 2. The second kappa shape index (κ2) is 9.47. The van der Waals surface area contributed by atoms with Gasteiger partial charge in [-0.1, -0.05) is 42.5 Å². The molecule has 0 radical (unpaired) electrons. The average molecular weight is 503 g/mol. The predicted octanol–water partition coefficient (Wildman–Crippen LogP) is 4.77. The predicted molar refractivity (Wildman–Crippen MR) is 149 cm³/mol. The van der Waals surface area contributed by atoms with Gasteiger partial charge in [-0.3, -0.25) is 9.69 Å². The van der Waals surface area contributed by atoms with E-state index in [-0.39, 0.29) is 11.9 Å². The fourth-order valence-electron chi connectivity index (χ4n) is 5.79. The number of aryl methyl sites for hydroxylation is 2. The Bertz CT molecular complexity index is 1550. The van der Waals surface area contributed by atoms with Crippen molar-refractivity contribution in [2.45, 2.75) is 13.0 Å². The number of anilines is 2. The Hall–Kier alpha value is -4.41. The topological polar surface area (TPSA) is 68.4 Å². The number of carbonyl (C=O) groups is 1. The van der Waals surface area contributed by atoms with Crippen LogP contribution in [0.5, 0.6) is 0 Å². The van der Waals surface area contributed by atoms with Gasteiger partial charge in [0.1, 0.15) is 11.9 Å². The fraction of sp³-hybridized carbons (Fsp3) is 0.258. The lowest BCUT2D eigenvalue weighted by Gasteiger charge is -2.41. The van der Waals surface area contributed by atoms with Crippen molar-refractivity contribution in [2.75, 3.05) is 43.0 Å². The molecule has 2 aliphatic rings. The van der Waals surface area contributed by atoms with Gasteiger partial charge in [0, 0.05) is 63.3 Å². The van der Waals surface area contributed by atoms with Crippen molar-refractivity contribution in [1.29, 1.82) is 5.26 Å².